The summed E-state index contributed by atoms with van der Waals surface area (Å²) in [6, 6.07) is 18.2. The molecule has 0 bridgehead atoms. The number of aryl methyl sites for hydroxylation is 2. The van der Waals surface area contributed by atoms with E-state index < -0.39 is 10.0 Å². The molecule has 2 N–H and O–H groups in total. The number of methoxy groups -OCH3 is 1. The molecule has 4 aromatic rings. The number of carbonyl (C=O) groups is 1. The highest BCUT2D eigenvalue weighted by molar-refractivity contribution is 7.92. The Morgan fingerprint density at radius 3 is 2.33 bits per heavy atom. The molecule has 0 atom stereocenters. The van der Waals surface area contributed by atoms with Crippen LogP contribution in [0.25, 0.3) is 11.0 Å². The van der Waals surface area contributed by atoms with Gasteiger partial charge in [0.2, 0.25) is 0 Å². The van der Waals surface area contributed by atoms with Crippen LogP contribution in [0, 0.1) is 6.92 Å². The molecule has 9 nitrogen and oxygen atoms in total. The van der Waals surface area contributed by atoms with Crippen molar-refractivity contribution in [1.29, 1.82) is 0 Å². The van der Waals surface area contributed by atoms with Crippen LogP contribution in [0.1, 0.15) is 35.6 Å². The van der Waals surface area contributed by atoms with Crippen LogP contribution in [-0.2, 0) is 16.6 Å². The largest absolute Gasteiger partial charge is 0.497 e. The van der Waals surface area contributed by atoms with Crippen LogP contribution in [0.5, 0.6) is 5.75 Å². The van der Waals surface area contributed by atoms with E-state index in [0.717, 1.165) is 23.4 Å². The summed E-state index contributed by atoms with van der Waals surface area (Å²) >= 11 is 0. The minimum Gasteiger partial charge on any atom is -0.497 e. The number of hydrogen-bond acceptors (Lipinski definition) is 6. The lowest BCUT2D eigenvalue weighted by atomic mass is 10.1. The number of ether oxygens (including phenoxy) is 1. The summed E-state index contributed by atoms with van der Waals surface area (Å²) in [7, 11) is -2.22. The number of rotatable bonds is 8. The van der Waals surface area contributed by atoms with Crippen LogP contribution >= 0.6 is 0 Å². The standard InChI is InChI=1S/C26H27N5O4S/c1-5-31-18(3)27-24-16-20(8-15-25(24)31)26(32)29-28-17(2)19-6-13-23(14-7-19)36(33,34)30-21-9-11-22(35-4)12-10-21/h6-16,30H,5H2,1-4H3,(H,29,32)/b28-17-. The summed E-state index contributed by atoms with van der Waals surface area (Å²) in [5, 5.41) is 4.18. The van der Waals surface area contributed by atoms with Crippen molar-refractivity contribution in [2.45, 2.75) is 32.2 Å². The van der Waals surface area contributed by atoms with Crippen LogP contribution < -0.4 is 14.9 Å². The maximum Gasteiger partial charge on any atom is 0.271 e. The number of fused-ring (bicyclic) bond motifs is 1. The molecule has 1 amide bonds. The zero-order chi connectivity index (χ0) is 25.9. The summed E-state index contributed by atoms with van der Waals surface area (Å²) < 4.78 is 35.1. The van der Waals surface area contributed by atoms with E-state index >= 15 is 0 Å². The molecule has 3 aromatic carbocycles. The molecule has 1 aromatic heterocycles. The molecule has 0 saturated heterocycles. The summed E-state index contributed by atoms with van der Waals surface area (Å²) in [4.78, 5) is 17.3. The van der Waals surface area contributed by atoms with Gasteiger partial charge in [0.25, 0.3) is 15.9 Å². The van der Waals surface area contributed by atoms with Gasteiger partial charge in [-0.15, -0.1) is 0 Å². The number of amides is 1. The van der Waals surface area contributed by atoms with Crippen molar-refractivity contribution >= 4 is 38.4 Å². The SMILES string of the molecule is CCn1c(C)nc2cc(C(=O)N/N=C(/C)c3ccc(S(=O)(=O)Nc4ccc(OC)cc4)cc3)ccc21. The van der Waals surface area contributed by atoms with Crippen LogP contribution in [-0.4, -0.2) is 36.7 Å². The molecule has 0 radical (unpaired) electrons. The van der Waals surface area contributed by atoms with Crippen LogP contribution in [0.2, 0.25) is 0 Å². The van der Waals surface area contributed by atoms with Gasteiger partial charge in [-0.2, -0.15) is 5.10 Å². The lowest BCUT2D eigenvalue weighted by molar-refractivity contribution is 0.0955. The first-order chi connectivity index (χ1) is 17.2. The Balaban J connectivity index is 1.44. The van der Waals surface area contributed by atoms with Crippen molar-refractivity contribution in [3.05, 3.63) is 83.7 Å². The Bertz CT molecular complexity index is 1540. The third-order valence-electron chi connectivity index (χ3n) is 5.77. The molecule has 36 heavy (non-hydrogen) atoms. The first-order valence-electron chi connectivity index (χ1n) is 11.3. The summed E-state index contributed by atoms with van der Waals surface area (Å²) in [5.41, 5.74) is 6.36. The summed E-state index contributed by atoms with van der Waals surface area (Å²) in [6.45, 7) is 6.51. The first kappa shape index (κ1) is 24.9. The zero-order valence-corrected chi connectivity index (χ0v) is 21.3. The number of nitrogens with zero attached hydrogens (tertiary/aromatic N) is 3. The molecule has 1 heterocycles. The van der Waals surface area contributed by atoms with Gasteiger partial charge >= 0.3 is 0 Å². The highest BCUT2D eigenvalue weighted by Crippen LogP contribution is 2.20. The van der Waals surface area contributed by atoms with Gasteiger partial charge in [0.15, 0.2) is 0 Å². The van der Waals surface area contributed by atoms with E-state index in [1.165, 1.54) is 12.1 Å². The quantitative estimate of drug-likeness (QED) is 0.273. The lowest BCUT2D eigenvalue weighted by Gasteiger charge is -2.09. The third kappa shape index (κ3) is 5.23. The number of imidazole rings is 1. The molecule has 0 aliphatic heterocycles. The molecule has 0 aliphatic carbocycles. The average molecular weight is 506 g/mol. The van der Waals surface area contributed by atoms with Crippen molar-refractivity contribution in [3.8, 4) is 5.75 Å². The van der Waals surface area contributed by atoms with E-state index in [4.69, 9.17) is 4.74 Å². The fourth-order valence-corrected chi connectivity index (χ4v) is 4.86. The second-order valence-electron chi connectivity index (χ2n) is 8.10. The van der Waals surface area contributed by atoms with Crippen molar-refractivity contribution in [3.63, 3.8) is 0 Å². The number of aromatic nitrogens is 2. The van der Waals surface area contributed by atoms with Gasteiger partial charge in [0, 0.05) is 17.8 Å². The van der Waals surface area contributed by atoms with E-state index in [2.05, 4.69) is 24.8 Å². The van der Waals surface area contributed by atoms with Gasteiger partial charge in [-0.3, -0.25) is 9.52 Å². The Labute approximate surface area is 209 Å². The predicted molar refractivity (Wildman–Crippen MR) is 140 cm³/mol. The molecular formula is C26H27N5O4S. The van der Waals surface area contributed by atoms with E-state index in [9.17, 15) is 13.2 Å². The van der Waals surface area contributed by atoms with Crippen molar-refractivity contribution in [2.24, 2.45) is 5.10 Å². The molecule has 0 fully saturated rings. The van der Waals surface area contributed by atoms with E-state index in [-0.39, 0.29) is 10.8 Å². The highest BCUT2D eigenvalue weighted by Gasteiger charge is 2.15. The normalized spacial score (nSPS) is 11.9. The zero-order valence-electron chi connectivity index (χ0n) is 20.4. The molecule has 10 heteroatoms. The van der Waals surface area contributed by atoms with E-state index in [0.29, 0.717) is 28.3 Å². The molecular weight excluding hydrogens is 478 g/mol. The topological polar surface area (TPSA) is 115 Å². The maximum atomic E-state index is 12.7. The molecule has 4 rings (SSSR count). The number of benzene rings is 3. The summed E-state index contributed by atoms with van der Waals surface area (Å²) in [5.74, 6) is 1.17. The first-order valence-corrected chi connectivity index (χ1v) is 12.8. The van der Waals surface area contributed by atoms with Gasteiger partial charge in [-0.05, 0) is 80.9 Å². The smallest absolute Gasteiger partial charge is 0.271 e. The van der Waals surface area contributed by atoms with E-state index in [1.807, 2.05) is 19.9 Å². The molecule has 0 spiro atoms. The average Bonchev–Trinajstić information content (AvgIpc) is 3.21. The number of nitrogens with one attached hydrogen (secondary N) is 2. The van der Waals surface area contributed by atoms with Crippen molar-refractivity contribution in [2.75, 3.05) is 11.8 Å². The predicted octanol–water partition coefficient (Wildman–Crippen LogP) is 4.33. The molecule has 0 aliphatic rings. The third-order valence-corrected chi connectivity index (χ3v) is 7.16. The Morgan fingerprint density at radius 2 is 1.69 bits per heavy atom. The maximum absolute atomic E-state index is 12.7. The van der Waals surface area contributed by atoms with E-state index in [1.54, 1.807) is 62.6 Å². The molecule has 0 unspecified atom stereocenters. The summed E-state index contributed by atoms with van der Waals surface area (Å²) in [6.07, 6.45) is 0. The number of hydrazone groups is 1. The Kier molecular flexibility index (Phi) is 7.07. The highest BCUT2D eigenvalue weighted by atomic mass is 32.2. The lowest BCUT2D eigenvalue weighted by Crippen LogP contribution is -2.19. The Morgan fingerprint density at radius 1 is 1.03 bits per heavy atom. The van der Waals surface area contributed by atoms with Gasteiger partial charge < -0.3 is 9.30 Å². The molecule has 0 saturated carbocycles. The van der Waals surface area contributed by atoms with Gasteiger partial charge in [-0.25, -0.2) is 18.8 Å². The van der Waals surface area contributed by atoms with Crippen molar-refractivity contribution in [1.82, 2.24) is 15.0 Å². The van der Waals surface area contributed by atoms with Gasteiger partial charge in [0.1, 0.15) is 11.6 Å². The van der Waals surface area contributed by atoms with Gasteiger partial charge in [0.05, 0.1) is 28.8 Å². The number of anilines is 1. The van der Waals surface area contributed by atoms with Crippen molar-refractivity contribution < 1.29 is 17.9 Å². The van der Waals surface area contributed by atoms with Crippen LogP contribution in [0.4, 0.5) is 5.69 Å². The van der Waals surface area contributed by atoms with Crippen LogP contribution in [0.3, 0.4) is 0 Å². The number of sulfonamides is 1. The number of carbonyl (C=O) groups excluding carboxylic acids is 1. The second kappa shape index (κ2) is 10.2. The second-order valence-corrected chi connectivity index (χ2v) is 9.79. The minimum atomic E-state index is -3.77. The monoisotopic (exact) mass is 505 g/mol. The minimum absolute atomic E-state index is 0.106. The van der Waals surface area contributed by atoms with Crippen LogP contribution in [0.15, 0.2) is 76.7 Å². The molecule has 186 valence electrons. The fraction of sp³-hybridized carbons (Fsp3) is 0.192. The Hall–Kier alpha value is -4.18. The number of hydrogen-bond donors (Lipinski definition) is 2. The van der Waals surface area contributed by atoms with Gasteiger partial charge in [-0.1, -0.05) is 12.1 Å². The fourth-order valence-electron chi connectivity index (χ4n) is 3.80.